The summed E-state index contributed by atoms with van der Waals surface area (Å²) in [5, 5.41) is 2.72. The third kappa shape index (κ3) is 1.43. The molecule has 0 amide bonds. The van der Waals surface area contributed by atoms with Gasteiger partial charge in [-0.3, -0.25) is 0 Å². The topological polar surface area (TPSA) is 58.2 Å². The fraction of sp³-hybridized carbons (Fsp3) is 1.00. The van der Waals surface area contributed by atoms with Gasteiger partial charge in [-0.05, 0) is 0 Å². The molecule has 1 aliphatic heterocycles. The van der Waals surface area contributed by atoms with E-state index in [-0.39, 0.29) is 5.88 Å². The van der Waals surface area contributed by atoms with Gasteiger partial charge < -0.3 is 5.32 Å². The van der Waals surface area contributed by atoms with Gasteiger partial charge in [0.1, 0.15) is 5.88 Å². The van der Waals surface area contributed by atoms with Gasteiger partial charge in [0, 0.05) is 13.1 Å². The maximum Gasteiger partial charge on any atom is 0.224 e. The summed E-state index contributed by atoms with van der Waals surface area (Å²) in [6.45, 7) is 1.25. The Bertz CT molecular complexity index is 150. The Morgan fingerprint density at radius 1 is 1.25 bits per heavy atom. The lowest BCUT2D eigenvalue weighted by Gasteiger charge is -2.12. The molecule has 5 heteroatoms. The highest BCUT2D eigenvalue weighted by atomic mass is 32.2. The van der Waals surface area contributed by atoms with E-state index in [1.807, 2.05) is 0 Å². The summed E-state index contributed by atoms with van der Waals surface area (Å²) >= 11 is 0. The number of nitrogens with one attached hydrogen (secondary N) is 2. The molecule has 0 aliphatic carbocycles. The van der Waals surface area contributed by atoms with Crippen LogP contribution >= 0.6 is 0 Å². The van der Waals surface area contributed by atoms with Crippen LogP contribution in [0.15, 0.2) is 0 Å². The van der Waals surface area contributed by atoms with Crippen LogP contribution in [-0.2, 0) is 10.0 Å². The van der Waals surface area contributed by atoms with Crippen molar-refractivity contribution in [3.8, 4) is 0 Å². The lowest BCUT2D eigenvalue weighted by atomic mass is 10.7. The predicted octanol–water partition coefficient (Wildman–Crippen LogP) is -1.53. The zero-order valence-corrected chi connectivity index (χ0v) is 5.16. The Morgan fingerprint density at radius 3 is 2.25 bits per heavy atom. The fourth-order valence-electron chi connectivity index (χ4n) is 0.552. The normalized spacial score (nSPS) is 27.5. The molecule has 0 atom stereocenters. The number of rotatable bonds is 0. The Labute approximate surface area is 48.3 Å². The van der Waals surface area contributed by atoms with Crippen LogP contribution in [-0.4, -0.2) is 27.4 Å². The molecule has 0 bridgehead atoms. The highest BCUT2D eigenvalue weighted by molar-refractivity contribution is 7.89. The third-order valence-corrected chi connectivity index (χ3v) is 2.14. The molecule has 1 rings (SSSR count). The largest absolute Gasteiger partial charge is 0.301 e. The van der Waals surface area contributed by atoms with Crippen molar-refractivity contribution >= 4 is 10.0 Å². The van der Waals surface area contributed by atoms with Crippen LogP contribution in [0.4, 0.5) is 0 Å². The van der Waals surface area contributed by atoms with E-state index >= 15 is 0 Å². The van der Waals surface area contributed by atoms with Gasteiger partial charge in [-0.1, -0.05) is 0 Å². The van der Waals surface area contributed by atoms with Crippen LogP contribution in [0.25, 0.3) is 0 Å². The van der Waals surface area contributed by atoms with Gasteiger partial charge >= 0.3 is 0 Å². The van der Waals surface area contributed by atoms with Crippen molar-refractivity contribution in [1.29, 1.82) is 0 Å². The molecule has 48 valence electrons. The van der Waals surface area contributed by atoms with Gasteiger partial charge in [0.15, 0.2) is 0 Å². The second-order valence-electron chi connectivity index (χ2n) is 1.65. The molecule has 0 unspecified atom stereocenters. The standard InChI is InChI=1S/C3H8N2O2S/c6-8(7)3-4-1-2-5-8/h4-5H,1-3H2. The molecular weight excluding hydrogens is 128 g/mol. The minimum absolute atomic E-state index is 0.0625. The maximum absolute atomic E-state index is 10.5. The van der Waals surface area contributed by atoms with Crippen LogP contribution in [0, 0.1) is 0 Å². The summed E-state index contributed by atoms with van der Waals surface area (Å²) in [5.41, 5.74) is 0. The lowest BCUT2D eigenvalue weighted by molar-refractivity contribution is 0.555. The van der Waals surface area contributed by atoms with Crippen molar-refractivity contribution in [1.82, 2.24) is 10.0 Å². The van der Waals surface area contributed by atoms with Gasteiger partial charge in [-0.2, -0.15) is 0 Å². The van der Waals surface area contributed by atoms with Crippen molar-refractivity contribution in [2.45, 2.75) is 0 Å². The molecule has 1 saturated heterocycles. The molecule has 1 fully saturated rings. The summed E-state index contributed by atoms with van der Waals surface area (Å²) in [7, 11) is -2.94. The molecule has 8 heavy (non-hydrogen) atoms. The van der Waals surface area contributed by atoms with Crippen molar-refractivity contribution in [3.63, 3.8) is 0 Å². The minimum Gasteiger partial charge on any atom is -0.301 e. The molecule has 0 radical (unpaired) electrons. The van der Waals surface area contributed by atoms with Crippen LogP contribution < -0.4 is 10.0 Å². The molecule has 1 aliphatic rings. The highest BCUT2D eigenvalue weighted by Crippen LogP contribution is 1.83. The lowest BCUT2D eigenvalue weighted by Crippen LogP contribution is -2.44. The van der Waals surface area contributed by atoms with Crippen molar-refractivity contribution in [2.24, 2.45) is 0 Å². The molecule has 0 aromatic rings. The molecule has 2 N–H and O–H groups in total. The van der Waals surface area contributed by atoms with E-state index in [0.29, 0.717) is 6.54 Å². The third-order valence-electron chi connectivity index (χ3n) is 0.916. The first kappa shape index (κ1) is 6.00. The summed E-state index contributed by atoms with van der Waals surface area (Å²) in [5.74, 6) is 0.0625. The van der Waals surface area contributed by atoms with Crippen LogP contribution in [0.1, 0.15) is 0 Å². The van der Waals surface area contributed by atoms with E-state index in [1.165, 1.54) is 0 Å². The van der Waals surface area contributed by atoms with Crippen LogP contribution in [0.5, 0.6) is 0 Å². The summed E-state index contributed by atoms with van der Waals surface area (Å²) in [6.07, 6.45) is 0. The Hall–Kier alpha value is -0.130. The first-order valence-corrected chi connectivity index (χ1v) is 4.04. The molecule has 0 aromatic heterocycles. The maximum atomic E-state index is 10.5. The monoisotopic (exact) mass is 136 g/mol. The zero-order valence-electron chi connectivity index (χ0n) is 4.35. The van der Waals surface area contributed by atoms with Gasteiger partial charge in [0.25, 0.3) is 0 Å². The van der Waals surface area contributed by atoms with Gasteiger partial charge in [0.05, 0.1) is 0 Å². The van der Waals surface area contributed by atoms with E-state index in [4.69, 9.17) is 0 Å². The number of hydrogen-bond acceptors (Lipinski definition) is 3. The average Bonchev–Trinajstić information content (AvgIpc) is 1.65. The van der Waals surface area contributed by atoms with E-state index in [9.17, 15) is 8.42 Å². The van der Waals surface area contributed by atoms with Crippen LogP contribution in [0.2, 0.25) is 0 Å². The second-order valence-corrected chi connectivity index (χ2v) is 3.46. The van der Waals surface area contributed by atoms with Crippen molar-refractivity contribution < 1.29 is 8.42 Å². The van der Waals surface area contributed by atoms with Crippen molar-refractivity contribution in [3.05, 3.63) is 0 Å². The summed E-state index contributed by atoms with van der Waals surface area (Å²) in [4.78, 5) is 0. The molecular formula is C3H8N2O2S. The molecule has 1 heterocycles. The second kappa shape index (κ2) is 2.00. The fourth-order valence-corrected chi connectivity index (χ4v) is 1.48. The summed E-state index contributed by atoms with van der Waals surface area (Å²) < 4.78 is 23.3. The molecule has 0 aromatic carbocycles. The average molecular weight is 136 g/mol. The quantitative estimate of drug-likeness (QED) is 0.424. The van der Waals surface area contributed by atoms with Gasteiger partial charge in [-0.15, -0.1) is 0 Å². The predicted molar refractivity (Wildman–Crippen MR) is 29.8 cm³/mol. The van der Waals surface area contributed by atoms with E-state index in [2.05, 4.69) is 10.0 Å². The molecule has 4 nitrogen and oxygen atoms in total. The highest BCUT2D eigenvalue weighted by Gasteiger charge is 2.11. The van der Waals surface area contributed by atoms with Gasteiger partial charge in [0.2, 0.25) is 10.0 Å². The number of sulfonamides is 1. The van der Waals surface area contributed by atoms with E-state index < -0.39 is 10.0 Å². The Balaban J connectivity index is 2.58. The van der Waals surface area contributed by atoms with E-state index in [0.717, 1.165) is 6.54 Å². The first-order chi connectivity index (χ1) is 3.71. The van der Waals surface area contributed by atoms with E-state index in [1.54, 1.807) is 0 Å². The van der Waals surface area contributed by atoms with Crippen LogP contribution in [0.3, 0.4) is 0 Å². The number of hydrogen-bond donors (Lipinski definition) is 2. The SMILES string of the molecule is O=S1(=O)CNCCN1. The minimum atomic E-state index is -2.94. The smallest absolute Gasteiger partial charge is 0.224 e. The van der Waals surface area contributed by atoms with Gasteiger partial charge in [-0.25, -0.2) is 13.1 Å². The Morgan fingerprint density at radius 2 is 2.00 bits per heavy atom. The summed E-state index contributed by atoms with van der Waals surface area (Å²) in [6, 6.07) is 0. The first-order valence-electron chi connectivity index (χ1n) is 2.39. The molecule has 0 spiro atoms. The molecule has 0 saturated carbocycles. The zero-order chi connectivity index (χ0) is 6.04. The Kier molecular flexibility index (Phi) is 1.50. The van der Waals surface area contributed by atoms with Crippen molar-refractivity contribution in [2.75, 3.05) is 19.0 Å².